The lowest BCUT2D eigenvalue weighted by Crippen LogP contribution is -2.49. The van der Waals surface area contributed by atoms with Crippen molar-refractivity contribution in [1.29, 1.82) is 0 Å². The average molecular weight is 485 g/mol. The summed E-state index contributed by atoms with van der Waals surface area (Å²) in [6, 6.07) is 6.76. The van der Waals surface area contributed by atoms with Crippen LogP contribution >= 0.6 is 23.2 Å². The van der Waals surface area contributed by atoms with Gasteiger partial charge < -0.3 is 19.4 Å². The van der Waals surface area contributed by atoms with E-state index in [1.165, 1.54) is 18.2 Å². The van der Waals surface area contributed by atoms with Crippen molar-refractivity contribution in [3.63, 3.8) is 0 Å². The van der Waals surface area contributed by atoms with E-state index in [1.54, 1.807) is 0 Å². The van der Waals surface area contributed by atoms with Crippen LogP contribution in [0.25, 0.3) is 0 Å². The summed E-state index contributed by atoms with van der Waals surface area (Å²) in [6.45, 7) is 0. The molecule has 0 bridgehead atoms. The van der Waals surface area contributed by atoms with Gasteiger partial charge in [-0.05, 0) is 36.2 Å². The van der Waals surface area contributed by atoms with Gasteiger partial charge in [-0.3, -0.25) is 4.79 Å². The summed E-state index contributed by atoms with van der Waals surface area (Å²) in [6.07, 6.45) is -0.331. The standard InChI is InChI=1S/C17H12Cl2F3NO6S/c18-11-2-1-3-12(19)14(11)15(24)23-13(16(25)26)8-9-4-6-10(7-5-9)29-30(27,28)17(20,21)22/h1-7,13H,8H2,(H,23,24)(H,25,26)/p-1/t13-/m0/s1. The molecule has 0 saturated carbocycles. The number of nitrogens with one attached hydrogen (secondary N) is 1. The van der Waals surface area contributed by atoms with E-state index in [0.29, 0.717) is 0 Å². The molecule has 2 rings (SSSR count). The summed E-state index contributed by atoms with van der Waals surface area (Å²) < 4.78 is 62.9. The Balaban J connectivity index is 2.14. The molecule has 162 valence electrons. The van der Waals surface area contributed by atoms with Crippen molar-refractivity contribution >= 4 is 45.2 Å². The zero-order chi connectivity index (χ0) is 22.7. The lowest BCUT2D eigenvalue weighted by Gasteiger charge is -2.20. The summed E-state index contributed by atoms with van der Waals surface area (Å²) in [5.41, 5.74) is -5.52. The molecule has 7 nitrogen and oxygen atoms in total. The molecule has 0 heterocycles. The number of benzene rings is 2. The Morgan fingerprint density at radius 1 is 1.07 bits per heavy atom. The fourth-order valence-electron chi connectivity index (χ4n) is 2.23. The van der Waals surface area contributed by atoms with E-state index in [1.807, 2.05) is 0 Å². The third-order valence-corrected chi connectivity index (χ3v) is 5.24. The van der Waals surface area contributed by atoms with E-state index in [0.717, 1.165) is 24.3 Å². The molecule has 0 aliphatic carbocycles. The van der Waals surface area contributed by atoms with E-state index in [9.17, 15) is 36.3 Å². The van der Waals surface area contributed by atoms with E-state index in [4.69, 9.17) is 23.2 Å². The van der Waals surface area contributed by atoms with Crippen LogP contribution < -0.4 is 14.6 Å². The second kappa shape index (κ2) is 9.11. The SMILES string of the molecule is O=C(N[C@@H](Cc1ccc(OS(=O)(=O)C(F)(F)F)cc1)C(=O)[O-])c1c(Cl)cccc1Cl. The van der Waals surface area contributed by atoms with Crippen LogP contribution in [0.5, 0.6) is 5.75 Å². The molecule has 0 aliphatic rings. The molecule has 2 aromatic carbocycles. The van der Waals surface area contributed by atoms with E-state index in [-0.39, 0.29) is 27.6 Å². The summed E-state index contributed by atoms with van der Waals surface area (Å²) in [5.74, 6) is -3.16. The lowest BCUT2D eigenvalue weighted by atomic mass is 10.1. The third-order valence-electron chi connectivity index (χ3n) is 3.63. The smallest absolute Gasteiger partial charge is 0.534 e. The number of amides is 1. The molecule has 0 spiro atoms. The van der Waals surface area contributed by atoms with Crippen LogP contribution in [0.2, 0.25) is 10.0 Å². The van der Waals surface area contributed by atoms with Crippen LogP contribution in [0.15, 0.2) is 42.5 Å². The Labute approximate surface area is 178 Å². The van der Waals surface area contributed by atoms with Gasteiger partial charge in [0.25, 0.3) is 5.91 Å². The minimum absolute atomic E-state index is 0.00975. The maximum atomic E-state index is 12.3. The fraction of sp³-hybridized carbons (Fsp3) is 0.176. The maximum absolute atomic E-state index is 12.3. The first-order valence-corrected chi connectivity index (χ1v) is 10.0. The number of carbonyl (C=O) groups excluding carboxylic acids is 2. The van der Waals surface area contributed by atoms with Crippen LogP contribution in [0.3, 0.4) is 0 Å². The number of carboxylic acids is 1. The van der Waals surface area contributed by atoms with Crippen LogP contribution in [-0.4, -0.2) is 31.8 Å². The van der Waals surface area contributed by atoms with Gasteiger partial charge >= 0.3 is 15.6 Å². The normalized spacial score (nSPS) is 12.8. The van der Waals surface area contributed by atoms with Gasteiger partial charge in [-0.1, -0.05) is 41.4 Å². The topological polar surface area (TPSA) is 113 Å². The number of hydrogen-bond acceptors (Lipinski definition) is 6. The fourth-order valence-corrected chi connectivity index (χ4v) is 3.26. The van der Waals surface area contributed by atoms with Crippen molar-refractivity contribution in [2.45, 2.75) is 18.0 Å². The molecule has 0 aliphatic heterocycles. The maximum Gasteiger partial charge on any atom is 0.534 e. The van der Waals surface area contributed by atoms with Gasteiger partial charge in [0.1, 0.15) is 5.75 Å². The van der Waals surface area contributed by atoms with Crippen LogP contribution in [0.1, 0.15) is 15.9 Å². The molecular formula is C17H11Cl2F3NO6S-. The first kappa shape index (κ1) is 23.8. The summed E-state index contributed by atoms with van der Waals surface area (Å²) >= 11 is 11.8. The molecule has 0 fully saturated rings. The van der Waals surface area contributed by atoms with Crippen molar-refractivity contribution in [3.05, 3.63) is 63.6 Å². The molecule has 1 atom stereocenters. The highest BCUT2D eigenvalue weighted by Crippen LogP contribution is 2.27. The number of halogens is 5. The number of carbonyl (C=O) groups is 2. The Morgan fingerprint density at radius 3 is 2.07 bits per heavy atom. The van der Waals surface area contributed by atoms with Crippen LogP contribution in [0, 0.1) is 0 Å². The Hall–Kier alpha value is -2.50. The van der Waals surface area contributed by atoms with Crippen molar-refractivity contribution < 1.29 is 40.5 Å². The number of carboxylic acid groups (broad SMARTS) is 1. The van der Waals surface area contributed by atoms with Crippen molar-refractivity contribution in [2.24, 2.45) is 0 Å². The molecule has 0 saturated heterocycles. The van der Waals surface area contributed by atoms with Crippen LogP contribution in [0.4, 0.5) is 13.2 Å². The first-order chi connectivity index (χ1) is 13.8. The number of hydrogen-bond donors (Lipinski definition) is 1. The van der Waals surface area contributed by atoms with Gasteiger partial charge in [0.2, 0.25) is 0 Å². The number of aliphatic carboxylic acids is 1. The van der Waals surface area contributed by atoms with Crippen LogP contribution in [-0.2, 0) is 21.3 Å². The highest BCUT2D eigenvalue weighted by Gasteiger charge is 2.48. The summed E-state index contributed by atoms with van der Waals surface area (Å²) in [5, 5.41) is 13.6. The van der Waals surface area contributed by atoms with Crippen molar-refractivity contribution in [3.8, 4) is 5.75 Å². The third kappa shape index (κ3) is 5.77. The van der Waals surface area contributed by atoms with E-state index >= 15 is 0 Å². The van der Waals surface area contributed by atoms with Gasteiger partial charge in [-0.15, -0.1) is 0 Å². The quantitative estimate of drug-likeness (QED) is 0.476. The Morgan fingerprint density at radius 2 is 1.60 bits per heavy atom. The molecule has 0 aromatic heterocycles. The van der Waals surface area contributed by atoms with Gasteiger partial charge in [0.15, 0.2) is 0 Å². The van der Waals surface area contributed by atoms with Gasteiger partial charge in [0.05, 0.1) is 27.6 Å². The molecule has 0 radical (unpaired) electrons. The highest BCUT2D eigenvalue weighted by atomic mass is 35.5. The number of rotatable bonds is 7. The number of alkyl halides is 3. The van der Waals surface area contributed by atoms with Gasteiger partial charge in [0, 0.05) is 0 Å². The van der Waals surface area contributed by atoms with E-state index < -0.39 is 39.3 Å². The molecular weight excluding hydrogens is 474 g/mol. The zero-order valence-corrected chi connectivity index (χ0v) is 16.9. The van der Waals surface area contributed by atoms with Gasteiger partial charge in [-0.2, -0.15) is 21.6 Å². The summed E-state index contributed by atoms with van der Waals surface area (Å²) in [4.78, 5) is 23.7. The predicted octanol–water partition coefficient (Wildman–Crippen LogP) is 2.31. The highest BCUT2D eigenvalue weighted by molar-refractivity contribution is 7.88. The second-order valence-electron chi connectivity index (χ2n) is 5.77. The van der Waals surface area contributed by atoms with Gasteiger partial charge in [-0.25, -0.2) is 0 Å². The average Bonchev–Trinajstić information content (AvgIpc) is 2.61. The largest absolute Gasteiger partial charge is 0.548 e. The van der Waals surface area contributed by atoms with Crippen molar-refractivity contribution in [2.75, 3.05) is 0 Å². The van der Waals surface area contributed by atoms with E-state index in [2.05, 4.69) is 9.50 Å². The minimum atomic E-state index is -5.84. The molecule has 1 N–H and O–H groups in total. The molecule has 0 unspecified atom stereocenters. The molecule has 1 amide bonds. The predicted molar refractivity (Wildman–Crippen MR) is 98.5 cm³/mol. The second-order valence-corrected chi connectivity index (χ2v) is 8.13. The minimum Gasteiger partial charge on any atom is -0.548 e. The molecule has 2 aromatic rings. The Kier molecular flexibility index (Phi) is 7.22. The first-order valence-electron chi connectivity index (χ1n) is 7.87. The summed E-state index contributed by atoms with van der Waals surface area (Å²) in [7, 11) is -5.84. The monoisotopic (exact) mass is 484 g/mol. The lowest BCUT2D eigenvalue weighted by molar-refractivity contribution is -0.308. The molecule has 13 heteroatoms. The Bertz CT molecular complexity index is 1040. The molecule has 30 heavy (non-hydrogen) atoms. The van der Waals surface area contributed by atoms with Crippen molar-refractivity contribution in [1.82, 2.24) is 5.32 Å². The zero-order valence-electron chi connectivity index (χ0n) is 14.6.